The van der Waals surface area contributed by atoms with Crippen molar-refractivity contribution < 1.29 is 9.59 Å². The van der Waals surface area contributed by atoms with Gasteiger partial charge >= 0.3 is 0 Å². The second-order valence-electron chi connectivity index (χ2n) is 4.95. The van der Waals surface area contributed by atoms with E-state index in [0.717, 1.165) is 12.8 Å². The molecular formula is C13H20N2O2. The minimum Gasteiger partial charge on any atom is -0.342 e. The molecule has 2 amide bonds. The molecule has 4 nitrogen and oxygen atoms in total. The first-order valence-corrected chi connectivity index (χ1v) is 6.41. The molecule has 0 aromatic rings. The fourth-order valence-electron chi connectivity index (χ4n) is 2.83. The third-order valence-electron chi connectivity index (χ3n) is 3.70. The normalized spacial score (nSPS) is 26.8. The molecule has 4 heteroatoms. The standard InChI is InChI=1S/C13H20N2O2/c1-2-8-15-9-11(16)14-12(13(15)17)10-6-4-3-5-7-10/h2,10,12H,1,3-9H2,(H,14,16). The summed E-state index contributed by atoms with van der Waals surface area (Å²) in [6.45, 7) is 4.27. The van der Waals surface area contributed by atoms with Crippen LogP contribution < -0.4 is 5.32 Å². The number of piperazine rings is 1. The van der Waals surface area contributed by atoms with E-state index >= 15 is 0 Å². The molecule has 0 radical (unpaired) electrons. The summed E-state index contributed by atoms with van der Waals surface area (Å²) in [6.07, 6.45) is 7.38. The highest BCUT2D eigenvalue weighted by Crippen LogP contribution is 2.28. The number of carbonyl (C=O) groups excluding carboxylic acids is 2. The number of rotatable bonds is 3. The van der Waals surface area contributed by atoms with Gasteiger partial charge in [-0.25, -0.2) is 0 Å². The summed E-state index contributed by atoms with van der Waals surface area (Å²) >= 11 is 0. The summed E-state index contributed by atoms with van der Waals surface area (Å²) in [4.78, 5) is 25.4. The topological polar surface area (TPSA) is 49.4 Å². The average molecular weight is 236 g/mol. The molecular weight excluding hydrogens is 216 g/mol. The Morgan fingerprint density at radius 1 is 1.29 bits per heavy atom. The van der Waals surface area contributed by atoms with Crippen molar-refractivity contribution in [1.29, 1.82) is 0 Å². The van der Waals surface area contributed by atoms with E-state index < -0.39 is 0 Å². The van der Waals surface area contributed by atoms with Gasteiger partial charge in [-0.05, 0) is 18.8 Å². The predicted molar refractivity (Wildman–Crippen MR) is 65.3 cm³/mol. The van der Waals surface area contributed by atoms with Gasteiger partial charge in [0.1, 0.15) is 6.04 Å². The van der Waals surface area contributed by atoms with Crippen LogP contribution in [-0.4, -0.2) is 35.8 Å². The van der Waals surface area contributed by atoms with Gasteiger partial charge in [0.25, 0.3) is 0 Å². The number of nitrogens with zero attached hydrogens (tertiary/aromatic N) is 1. The zero-order chi connectivity index (χ0) is 12.3. The van der Waals surface area contributed by atoms with Crippen molar-refractivity contribution in [2.45, 2.75) is 38.1 Å². The Balaban J connectivity index is 2.06. The highest BCUT2D eigenvalue weighted by molar-refractivity contribution is 5.95. The summed E-state index contributed by atoms with van der Waals surface area (Å²) in [5, 5.41) is 2.86. The van der Waals surface area contributed by atoms with Crippen molar-refractivity contribution in [3.8, 4) is 0 Å². The number of hydrogen-bond donors (Lipinski definition) is 1. The highest BCUT2D eigenvalue weighted by Gasteiger charge is 2.37. The van der Waals surface area contributed by atoms with Gasteiger partial charge in [-0.1, -0.05) is 25.3 Å². The zero-order valence-corrected chi connectivity index (χ0v) is 10.2. The largest absolute Gasteiger partial charge is 0.342 e. The van der Waals surface area contributed by atoms with E-state index in [2.05, 4.69) is 11.9 Å². The summed E-state index contributed by atoms with van der Waals surface area (Å²) < 4.78 is 0. The van der Waals surface area contributed by atoms with Crippen molar-refractivity contribution in [3.05, 3.63) is 12.7 Å². The SMILES string of the molecule is C=CCN1CC(=O)NC(C2CCCCC2)C1=O. The van der Waals surface area contributed by atoms with Crippen LogP contribution in [0.3, 0.4) is 0 Å². The number of hydrogen-bond acceptors (Lipinski definition) is 2. The van der Waals surface area contributed by atoms with Crippen LogP contribution in [0, 0.1) is 5.92 Å². The Kier molecular flexibility index (Phi) is 3.82. The smallest absolute Gasteiger partial charge is 0.246 e. The Labute approximate surface area is 102 Å². The van der Waals surface area contributed by atoms with E-state index in [1.165, 1.54) is 19.3 Å². The molecule has 1 heterocycles. The molecule has 2 aliphatic rings. The van der Waals surface area contributed by atoms with E-state index in [9.17, 15) is 9.59 Å². The lowest BCUT2D eigenvalue weighted by atomic mass is 9.82. The van der Waals surface area contributed by atoms with Crippen LogP contribution in [-0.2, 0) is 9.59 Å². The minimum absolute atomic E-state index is 0.0398. The second kappa shape index (κ2) is 5.34. The van der Waals surface area contributed by atoms with Crippen molar-refractivity contribution in [2.75, 3.05) is 13.1 Å². The molecule has 0 aromatic heterocycles. The first-order valence-electron chi connectivity index (χ1n) is 6.41. The molecule has 0 aromatic carbocycles. The fourth-order valence-corrected chi connectivity index (χ4v) is 2.83. The lowest BCUT2D eigenvalue weighted by Crippen LogP contribution is -2.60. The summed E-state index contributed by atoms with van der Waals surface area (Å²) in [5.41, 5.74) is 0. The highest BCUT2D eigenvalue weighted by atomic mass is 16.2. The van der Waals surface area contributed by atoms with Crippen LogP contribution in [0.1, 0.15) is 32.1 Å². The monoisotopic (exact) mass is 236 g/mol. The van der Waals surface area contributed by atoms with E-state index in [-0.39, 0.29) is 24.4 Å². The van der Waals surface area contributed by atoms with E-state index in [4.69, 9.17) is 0 Å². The lowest BCUT2D eigenvalue weighted by molar-refractivity contribution is -0.145. The molecule has 1 saturated heterocycles. The van der Waals surface area contributed by atoms with Crippen molar-refractivity contribution in [2.24, 2.45) is 5.92 Å². The van der Waals surface area contributed by atoms with E-state index in [1.54, 1.807) is 11.0 Å². The predicted octanol–water partition coefficient (Wildman–Crippen LogP) is 1.08. The van der Waals surface area contributed by atoms with Gasteiger partial charge in [0, 0.05) is 6.54 Å². The quantitative estimate of drug-likeness (QED) is 0.745. The first kappa shape index (κ1) is 12.1. The molecule has 1 aliphatic carbocycles. The maximum atomic E-state index is 12.2. The zero-order valence-electron chi connectivity index (χ0n) is 10.2. The van der Waals surface area contributed by atoms with Crippen LogP contribution in [0.25, 0.3) is 0 Å². The van der Waals surface area contributed by atoms with Gasteiger partial charge in [0.15, 0.2) is 0 Å². The fraction of sp³-hybridized carbons (Fsp3) is 0.692. The summed E-state index contributed by atoms with van der Waals surface area (Å²) in [6, 6.07) is -0.295. The third-order valence-corrected chi connectivity index (χ3v) is 3.70. The molecule has 1 aliphatic heterocycles. The van der Waals surface area contributed by atoms with Crippen molar-refractivity contribution in [3.63, 3.8) is 0 Å². The van der Waals surface area contributed by atoms with Gasteiger partial charge in [0.2, 0.25) is 11.8 Å². The Morgan fingerprint density at radius 2 is 2.00 bits per heavy atom. The van der Waals surface area contributed by atoms with Crippen molar-refractivity contribution in [1.82, 2.24) is 10.2 Å². The number of nitrogens with one attached hydrogen (secondary N) is 1. The molecule has 0 spiro atoms. The van der Waals surface area contributed by atoms with Gasteiger partial charge in [0.05, 0.1) is 6.54 Å². The van der Waals surface area contributed by atoms with E-state index in [0.29, 0.717) is 12.5 Å². The van der Waals surface area contributed by atoms with Crippen LogP contribution in [0.2, 0.25) is 0 Å². The Hall–Kier alpha value is -1.32. The molecule has 1 saturated carbocycles. The molecule has 2 fully saturated rings. The maximum Gasteiger partial charge on any atom is 0.246 e. The van der Waals surface area contributed by atoms with Gasteiger partial charge in [-0.2, -0.15) is 0 Å². The van der Waals surface area contributed by atoms with Crippen LogP contribution >= 0.6 is 0 Å². The van der Waals surface area contributed by atoms with E-state index in [1.807, 2.05) is 0 Å². The Bertz CT molecular complexity index is 321. The number of carbonyl (C=O) groups is 2. The minimum atomic E-state index is -0.295. The van der Waals surface area contributed by atoms with Gasteiger partial charge in [-0.3, -0.25) is 9.59 Å². The second-order valence-corrected chi connectivity index (χ2v) is 4.95. The maximum absolute atomic E-state index is 12.2. The van der Waals surface area contributed by atoms with Crippen LogP contribution in [0.4, 0.5) is 0 Å². The number of amides is 2. The van der Waals surface area contributed by atoms with Crippen LogP contribution in [0.15, 0.2) is 12.7 Å². The lowest BCUT2D eigenvalue weighted by Gasteiger charge is -2.37. The molecule has 1 atom stereocenters. The average Bonchev–Trinajstić information content (AvgIpc) is 2.35. The summed E-state index contributed by atoms with van der Waals surface area (Å²) in [7, 11) is 0. The first-order chi connectivity index (χ1) is 8.22. The van der Waals surface area contributed by atoms with Crippen LogP contribution in [0.5, 0.6) is 0 Å². The molecule has 0 bridgehead atoms. The molecule has 17 heavy (non-hydrogen) atoms. The van der Waals surface area contributed by atoms with Crippen molar-refractivity contribution >= 4 is 11.8 Å². The molecule has 1 unspecified atom stereocenters. The molecule has 1 N–H and O–H groups in total. The molecule has 2 rings (SSSR count). The van der Waals surface area contributed by atoms with Gasteiger partial charge in [-0.15, -0.1) is 6.58 Å². The summed E-state index contributed by atoms with van der Waals surface area (Å²) in [5.74, 6) is 0.353. The molecule has 94 valence electrons. The van der Waals surface area contributed by atoms with Gasteiger partial charge < -0.3 is 10.2 Å². The Morgan fingerprint density at radius 3 is 2.65 bits per heavy atom. The third kappa shape index (κ3) is 2.68.